The number of pyridine rings is 2. The van der Waals surface area contributed by atoms with E-state index in [1.807, 2.05) is 54.5 Å². The van der Waals surface area contributed by atoms with Gasteiger partial charge in [-0.3, -0.25) is 4.40 Å². The van der Waals surface area contributed by atoms with E-state index >= 15 is 0 Å². The minimum Gasteiger partial charge on any atom is -0.486 e. The normalized spacial score (nSPS) is 16.3. The number of hydrogen-bond acceptors (Lipinski definition) is 8. The summed E-state index contributed by atoms with van der Waals surface area (Å²) < 4.78 is 13.4. The SMILES string of the molecule is CN1CCOc2c1ccn1c(-c3ccc4cccc(NCC5CCN(C(=O)OC(C)(C)C)CC5)c4n3)nnc21. The van der Waals surface area contributed by atoms with Gasteiger partial charge in [-0.25, -0.2) is 9.78 Å². The number of aromatic nitrogens is 4. The summed E-state index contributed by atoms with van der Waals surface area (Å²) in [6.07, 6.45) is 3.63. The van der Waals surface area contributed by atoms with Gasteiger partial charge in [-0.2, -0.15) is 0 Å². The van der Waals surface area contributed by atoms with E-state index in [4.69, 9.17) is 14.5 Å². The highest BCUT2D eigenvalue weighted by molar-refractivity contribution is 5.91. The van der Waals surface area contributed by atoms with Gasteiger partial charge in [0.2, 0.25) is 5.65 Å². The molecule has 4 aromatic rings. The Labute approximate surface area is 227 Å². The fourth-order valence-corrected chi connectivity index (χ4v) is 5.26. The summed E-state index contributed by atoms with van der Waals surface area (Å²) >= 11 is 0. The quantitative estimate of drug-likeness (QED) is 0.402. The molecule has 6 rings (SSSR count). The fourth-order valence-electron chi connectivity index (χ4n) is 5.26. The lowest BCUT2D eigenvalue weighted by atomic mass is 9.97. The number of anilines is 2. The van der Waals surface area contributed by atoms with Crippen molar-refractivity contribution < 1.29 is 14.3 Å². The van der Waals surface area contributed by atoms with Crippen molar-refractivity contribution in [3.63, 3.8) is 0 Å². The van der Waals surface area contributed by atoms with Crippen LogP contribution in [0.4, 0.5) is 16.2 Å². The highest BCUT2D eigenvalue weighted by atomic mass is 16.6. The zero-order valence-electron chi connectivity index (χ0n) is 23.0. The summed E-state index contributed by atoms with van der Waals surface area (Å²) in [5.74, 6) is 1.90. The Kier molecular flexibility index (Phi) is 6.40. The molecule has 10 nitrogen and oxygen atoms in total. The molecule has 0 radical (unpaired) electrons. The fraction of sp³-hybridized carbons (Fsp3) is 0.448. The molecule has 39 heavy (non-hydrogen) atoms. The number of piperidine rings is 1. The molecule has 1 saturated heterocycles. The molecule has 0 spiro atoms. The van der Waals surface area contributed by atoms with Gasteiger partial charge >= 0.3 is 6.09 Å². The van der Waals surface area contributed by atoms with E-state index in [-0.39, 0.29) is 6.09 Å². The number of nitrogens with zero attached hydrogens (tertiary/aromatic N) is 6. The van der Waals surface area contributed by atoms with Crippen molar-refractivity contribution in [2.45, 2.75) is 39.2 Å². The third-order valence-corrected chi connectivity index (χ3v) is 7.39. The van der Waals surface area contributed by atoms with Gasteiger partial charge in [0.15, 0.2) is 11.6 Å². The number of amides is 1. The molecule has 1 N–H and O–H groups in total. The molecule has 3 aromatic heterocycles. The predicted octanol–water partition coefficient (Wildman–Crippen LogP) is 4.83. The van der Waals surface area contributed by atoms with Crippen molar-refractivity contribution >= 4 is 34.0 Å². The van der Waals surface area contributed by atoms with Gasteiger partial charge < -0.3 is 24.6 Å². The average Bonchev–Trinajstić information content (AvgIpc) is 3.36. The van der Waals surface area contributed by atoms with E-state index in [9.17, 15) is 4.79 Å². The monoisotopic (exact) mass is 529 g/mol. The first-order valence-corrected chi connectivity index (χ1v) is 13.6. The first-order valence-electron chi connectivity index (χ1n) is 13.6. The summed E-state index contributed by atoms with van der Waals surface area (Å²) in [6.45, 7) is 9.40. The van der Waals surface area contributed by atoms with Crippen LogP contribution in [0, 0.1) is 5.92 Å². The van der Waals surface area contributed by atoms with Crippen LogP contribution < -0.4 is 15.0 Å². The standard InChI is InChI=1S/C29H35N7O3/c1-29(2,3)39-28(37)35-13-10-19(11-14-35)18-30-21-7-5-6-20-8-9-22(31-24(20)21)26-32-33-27-25-23(12-15-36(26)27)34(4)16-17-38-25/h5-9,12,15,19,30H,10-11,13-14,16-18H2,1-4H3. The van der Waals surface area contributed by atoms with Crippen molar-refractivity contribution in [1.82, 2.24) is 24.5 Å². The van der Waals surface area contributed by atoms with E-state index in [2.05, 4.69) is 45.7 Å². The third kappa shape index (κ3) is 5.03. The Hall–Kier alpha value is -4.08. The molecule has 10 heteroatoms. The summed E-state index contributed by atoms with van der Waals surface area (Å²) in [7, 11) is 2.05. The molecule has 1 aromatic carbocycles. The molecule has 1 amide bonds. The number of carbonyl (C=O) groups excluding carboxylic acids is 1. The van der Waals surface area contributed by atoms with Crippen molar-refractivity contribution in [3.8, 4) is 17.3 Å². The second kappa shape index (κ2) is 9.91. The van der Waals surface area contributed by atoms with Crippen LogP contribution in [0.2, 0.25) is 0 Å². The maximum Gasteiger partial charge on any atom is 0.410 e. The lowest BCUT2D eigenvalue weighted by molar-refractivity contribution is 0.0188. The molecular formula is C29H35N7O3. The Balaban J connectivity index is 1.19. The highest BCUT2D eigenvalue weighted by Gasteiger charge is 2.27. The molecule has 2 aliphatic rings. The molecule has 0 atom stereocenters. The largest absolute Gasteiger partial charge is 0.486 e. The number of likely N-dealkylation sites (tertiary alicyclic amines) is 1. The van der Waals surface area contributed by atoms with Gasteiger partial charge in [0.25, 0.3) is 0 Å². The third-order valence-electron chi connectivity index (χ3n) is 7.39. The minimum atomic E-state index is -0.474. The van der Waals surface area contributed by atoms with Gasteiger partial charge in [0.05, 0.1) is 23.4 Å². The van der Waals surface area contributed by atoms with Gasteiger partial charge in [-0.05, 0) is 57.7 Å². The highest BCUT2D eigenvalue weighted by Crippen LogP contribution is 2.35. The molecule has 0 unspecified atom stereocenters. The first-order chi connectivity index (χ1) is 18.8. The zero-order chi connectivity index (χ0) is 27.1. The molecule has 5 heterocycles. The molecule has 1 fully saturated rings. The zero-order valence-corrected chi connectivity index (χ0v) is 23.0. The summed E-state index contributed by atoms with van der Waals surface area (Å²) in [5, 5.41) is 13.6. The van der Waals surface area contributed by atoms with Crippen LogP contribution >= 0.6 is 0 Å². The lowest BCUT2D eigenvalue weighted by Crippen LogP contribution is -2.42. The van der Waals surface area contributed by atoms with Crippen molar-refractivity contribution in [2.24, 2.45) is 5.92 Å². The van der Waals surface area contributed by atoms with Crippen LogP contribution in [0.5, 0.6) is 5.75 Å². The van der Waals surface area contributed by atoms with Gasteiger partial charge in [0.1, 0.15) is 17.9 Å². The van der Waals surface area contributed by atoms with E-state index in [1.54, 1.807) is 0 Å². The molecule has 0 saturated carbocycles. The number of para-hydroxylation sites is 1. The van der Waals surface area contributed by atoms with E-state index in [0.717, 1.165) is 59.7 Å². The number of carbonyl (C=O) groups is 1. The van der Waals surface area contributed by atoms with Crippen LogP contribution in [-0.4, -0.2) is 76.0 Å². The first kappa shape index (κ1) is 25.2. The Morgan fingerprint density at radius 3 is 2.72 bits per heavy atom. The van der Waals surface area contributed by atoms with Gasteiger partial charge in [0, 0.05) is 38.3 Å². The molecule has 0 bridgehead atoms. The number of nitrogens with one attached hydrogen (secondary N) is 1. The smallest absolute Gasteiger partial charge is 0.410 e. The number of benzene rings is 1. The van der Waals surface area contributed by atoms with E-state index in [0.29, 0.717) is 37.1 Å². The van der Waals surface area contributed by atoms with Crippen LogP contribution in [0.1, 0.15) is 33.6 Å². The van der Waals surface area contributed by atoms with Crippen molar-refractivity contribution in [3.05, 3.63) is 42.6 Å². The molecule has 0 aliphatic carbocycles. The van der Waals surface area contributed by atoms with Gasteiger partial charge in [-0.1, -0.05) is 18.2 Å². The maximum absolute atomic E-state index is 12.4. The Morgan fingerprint density at radius 1 is 1.10 bits per heavy atom. The van der Waals surface area contributed by atoms with Crippen molar-refractivity contribution in [2.75, 3.05) is 50.1 Å². The maximum atomic E-state index is 12.4. The molecule has 204 valence electrons. The van der Waals surface area contributed by atoms with E-state index in [1.165, 1.54) is 0 Å². The second-order valence-corrected chi connectivity index (χ2v) is 11.4. The summed E-state index contributed by atoms with van der Waals surface area (Å²) in [6, 6.07) is 12.3. The average molecular weight is 530 g/mol. The molecule has 2 aliphatic heterocycles. The van der Waals surface area contributed by atoms with Crippen LogP contribution in [0.15, 0.2) is 42.6 Å². The summed E-state index contributed by atoms with van der Waals surface area (Å²) in [5.41, 5.74) is 3.87. The predicted molar refractivity (Wildman–Crippen MR) is 152 cm³/mol. The van der Waals surface area contributed by atoms with Crippen LogP contribution in [-0.2, 0) is 4.74 Å². The number of ether oxygens (including phenoxy) is 2. The Bertz CT molecular complexity index is 1520. The Morgan fingerprint density at radius 2 is 1.92 bits per heavy atom. The number of rotatable bonds is 4. The van der Waals surface area contributed by atoms with Crippen LogP contribution in [0.25, 0.3) is 28.1 Å². The lowest BCUT2D eigenvalue weighted by Gasteiger charge is -2.33. The van der Waals surface area contributed by atoms with Crippen LogP contribution in [0.3, 0.4) is 0 Å². The number of likely N-dealkylation sites (N-methyl/N-ethyl adjacent to an activating group) is 1. The van der Waals surface area contributed by atoms with E-state index < -0.39 is 5.60 Å². The van der Waals surface area contributed by atoms with Crippen molar-refractivity contribution in [1.29, 1.82) is 0 Å². The minimum absolute atomic E-state index is 0.222. The summed E-state index contributed by atoms with van der Waals surface area (Å²) in [4.78, 5) is 21.4. The number of fused-ring (bicyclic) bond motifs is 4. The topological polar surface area (TPSA) is 97.1 Å². The van der Waals surface area contributed by atoms with Gasteiger partial charge in [-0.15, -0.1) is 10.2 Å². The molecular weight excluding hydrogens is 494 g/mol. The number of hydrogen-bond donors (Lipinski definition) is 1. The second-order valence-electron chi connectivity index (χ2n) is 11.4.